The number of carbonyl (C=O) groups is 2. The van der Waals surface area contributed by atoms with E-state index in [2.05, 4.69) is 20.6 Å². The number of amides is 2. The number of nitrogens with zero attached hydrogens (tertiary/aromatic N) is 2. The highest BCUT2D eigenvalue weighted by molar-refractivity contribution is 5.78. The zero-order valence-corrected chi connectivity index (χ0v) is 14.5. The summed E-state index contributed by atoms with van der Waals surface area (Å²) in [4.78, 5) is 32.4. The Kier molecular flexibility index (Phi) is 6.11. The lowest BCUT2D eigenvalue weighted by Gasteiger charge is -2.30. The molecule has 1 heterocycles. The van der Waals surface area contributed by atoms with E-state index in [0.717, 1.165) is 19.3 Å². The molecule has 0 radical (unpaired) electrons. The van der Waals surface area contributed by atoms with E-state index in [4.69, 9.17) is 4.74 Å². The maximum atomic E-state index is 12.3. The van der Waals surface area contributed by atoms with Crippen LogP contribution in [0.5, 0.6) is 0 Å². The minimum absolute atomic E-state index is 0.0156. The van der Waals surface area contributed by atoms with Gasteiger partial charge in [0.2, 0.25) is 5.91 Å². The van der Waals surface area contributed by atoms with Gasteiger partial charge in [0.15, 0.2) is 0 Å². The van der Waals surface area contributed by atoms with Crippen molar-refractivity contribution >= 4 is 12.0 Å². The molecule has 2 atom stereocenters. The Bertz CT molecular complexity index is 557. The summed E-state index contributed by atoms with van der Waals surface area (Å²) in [5, 5.41) is 5.74. The second-order valence-corrected chi connectivity index (χ2v) is 7.09. The van der Waals surface area contributed by atoms with Gasteiger partial charge in [-0.3, -0.25) is 4.79 Å². The molecule has 2 N–H and O–H groups in total. The number of alkyl carbamates (subject to hydrolysis) is 1. The Balaban J connectivity index is 1.79. The van der Waals surface area contributed by atoms with Crippen molar-refractivity contribution < 1.29 is 14.3 Å². The van der Waals surface area contributed by atoms with E-state index in [1.165, 1.54) is 0 Å². The minimum atomic E-state index is -0.523. The molecule has 0 spiro atoms. The standard InChI is InChI=1S/C17H26N4O3/c1-17(2,3)24-16(23)21-13-7-4-6-12(10-13)15(22)20-11-14-18-8-5-9-19-14/h5,8-9,12-13H,4,6-7,10-11H2,1-3H3,(H,20,22)(H,21,23)/t12-,13+/m0/s1. The average Bonchev–Trinajstić information content (AvgIpc) is 2.52. The molecule has 1 aromatic rings. The zero-order valence-electron chi connectivity index (χ0n) is 14.5. The monoisotopic (exact) mass is 334 g/mol. The number of carbonyl (C=O) groups excluding carboxylic acids is 2. The lowest BCUT2D eigenvalue weighted by atomic mass is 9.85. The van der Waals surface area contributed by atoms with Gasteiger partial charge in [0, 0.05) is 24.4 Å². The van der Waals surface area contributed by atoms with Gasteiger partial charge in [0.25, 0.3) is 0 Å². The molecular weight excluding hydrogens is 308 g/mol. The first-order valence-electron chi connectivity index (χ1n) is 8.36. The van der Waals surface area contributed by atoms with Crippen LogP contribution in [0.1, 0.15) is 52.3 Å². The van der Waals surface area contributed by atoms with Crippen LogP contribution in [0, 0.1) is 5.92 Å². The Hall–Kier alpha value is -2.18. The highest BCUT2D eigenvalue weighted by Gasteiger charge is 2.29. The lowest BCUT2D eigenvalue weighted by Crippen LogP contribution is -2.44. The van der Waals surface area contributed by atoms with Crippen molar-refractivity contribution in [2.75, 3.05) is 0 Å². The van der Waals surface area contributed by atoms with Crippen LogP contribution in [0.15, 0.2) is 18.5 Å². The third-order valence-electron chi connectivity index (χ3n) is 3.81. The van der Waals surface area contributed by atoms with Gasteiger partial charge in [-0.2, -0.15) is 0 Å². The first-order chi connectivity index (χ1) is 11.3. The molecule has 1 aliphatic carbocycles. The average molecular weight is 334 g/mol. The quantitative estimate of drug-likeness (QED) is 0.880. The highest BCUT2D eigenvalue weighted by Crippen LogP contribution is 2.25. The van der Waals surface area contributed by atoms with Crippen LogP contribution in [0.25, 0.3) is 0 Å². The molecule has 2 rings (SSSR count). The van der Waals surface area contributed by atoms with Crippen LogP contribution in [0.2, 0.25) is 0 Å². The van der Waals surface area contributed by atoms with Gasteiger partial charge >= 0.3 is 6.09 Å². The number of hydrogen-bond acceptors (Lipinski definition) is 5. The molecule has 0 unspecified atom stereocenters. The summed E-state index contributed by atoms with van der Waals surface area (Å²) in [7, 11) is 0. The summed E-state index contributed by atoms with van der Waals surface area (Å²) in [6.45, 7) is 5.81. The predicted octanol–water partition coefficient (Wildman–Crippen LogP) is 2.18. The molecule has 1 fully saturated rings. The van der Waals surface area contributed by atoms with Crippen molar-refractivity contribution in [2.45, 2.75) is 64.6 Å². The van der Waals surface area contributed by atoms with Gasteiger partial charge in [-0.15, -0.1) is 0 Å². The van der Waals surface area contributed by atoms with E-state index in [-0.39, 0.29) is 17.9 Å². The molecule has 1 saturated carbocycles. The number of rotatable bonds is 4. The van der Waals surface area contributed by atoms with Crippen LogP contribution in [0.4, 0.5) is 4.79 Å². The van der Waals surface area contributed by atoms with Gasteiger partial charge in [0.05, 0.1) is 6.54 Å². The van der Waals surface area contributed by atoms with Gasteiger partial charge in [0.1, 0.15) is 11.4 Å². The van der Waals surface area contributed by atoms with Crippen molar-refractivity contribution in [1.29, 1.82) is 0 Å². The van der Waals surface area contributed by atoms with E-state index in [1.807, 2.05) is 20.8 Å². The lowest BCUT2D eigenvalue weighted by molar-refractivity contribution is -0.126. The SMILES string of the molecule is CC(C)(C)OC(=O)N[C@@H]1CCC[C@H](C(=O)NCc2ncccn2)C1. The van der Waals surface area contributed by atoms with Crippen LogP contribution in [0.3, 0.4) is 0 Å². The van der Waals surface area contributed by atoms with Crippen LogP contribution in [-0.4, -0.2) is 33.6 Å². The van der Waals surface area contributed by atoms with Gasteiger partial charge in [-0.25, -0.2) is 14.8 Å². The van der Waals surface area contributed by atoms with Crippen LogP contribution >= 0.6 is 0 Å². The molecular formula is C17H26N4O3. The van der Waals surface area contributed by atoms with E-state index in [9.17, 15) is 9.59 Å². The van der Waals surface area contributed by atoms with Crippen molar-refractivity contribution in [3.63, 3.8) is 0 Å². The van der Waals surface area contributed by atoms with Crippen molar-refractivity contribution in [2.24, 2.45) is 5.92 Å². The smallest absolute Gasteiger partial charge is 0.407 e. The molecule has 0 aromatic carbocycles. The second kappa shape index (κ2) is 8.08. The largest absolute Gasteiger partial charge is 0.444 e. The molecule has 7 nitrogen and oxygen atoms in total. The number of ether oxygens (including phenoxy) is 1. The Morgan fingerprint density at radius 3 is 2.62 bits per heavy atom. The topological polar surface area (TPSA) is 93.2 Å². The third-order valence-corrected chi connectivity index (χ3v) is 3.81. The molecule has 1 aromatic heterocycles. The Labute approximate surface area is 142 Å². The number of nitrogens with one attached hydrogen (secondary N) is 2. The minimum Gasteiger partial charge on any atom is -0.444 e. The molecule has 0 saturated heterocycles. The fraction of sp³-hybridized carbons (Fsp3) is 0.647. The summed E-state index contributed by atoms with van der Waals surface area (Å²) < 4.78 is 5.27. The fourth-order valence-corrected chi connectivity index (χ4v) is 2.77. The van der Waals surface area contributed by atoms with Crippen molar-refractivity contribution in [3.8, 4) is 0 Å². The molecule has 24 heavy (non-hydrogen) atoms. The first-order valence-corrected chi connectivity index (χ1v) is 8.36. The van der Waals surface area contributed by atoms with Crippen molar-refractivity contribution in [1.82, 2.24) is 20.6 Å². The summed E-state index contributed by atoms with van der Waals surface area (Å²) in [5.74, 6) is 0.464. The van der Waals surface area contributed by atoms with E-state index < -0.39 is 11.7 Å². The molecule has 1 aliphatic rings. The summed E-state index contributed by atoms with van der Waals surface area (Å²) >= 11 is 0. The van der Waals surface area contributed by atoms with E-state index >= 15 is 0 Å². The number of aromatic nitrogens is 2. The van der Waals surface area contributed by atoms with Crippen LogP contribution in [-0.2, 0) is 16.1 Å². The van der Waals surface area contributed by atoms with Gasteiger partial charge in [-0.05, 0) is 46.1 Å². The zero-order chi connectivity index (χ0) is 17.6. The molecule has 7 heteroatoms. The second-order valence-electron chi connectivity index (χ2n) is 7.09. The van der Waals surface area contributed by atoms with Gasteiger partial charge < -0.3 is 15.4 Å². The fourth-order valence-electron chi connectivity index (χ4n) is 2.77. The van der Waals surface area contributed by atoms with Gasteiger partial charge in [-0.1, -0.05) is 6.42 Å². The maximum absolute atomic E-state index is 12.3. The third kappa shape index (κ3) is 6.14. The Morgan fingerprint density at radius 2 is 1.96 bits per heavy atom. The predicted molar refractivity (Wildman–Crippen MR) is 89.0 cm³/mol. The molecule has 0 bridgehead atoms. The maximum Gasteiger partial charge on any atom is 0.407 e. The summed E-state index contributed by atoms with van der Waals surface area (Å²) in [5.41, 5.74) is -0.523. The number of hydrogen-bond donors (Lipinski definition) is 2. The Morgan fingerprint density at radius 1 is 1.25 bits per heavy atom. The van der Waals surface area contributed by atoms with Crippen molar-refractivity contribution in [3.05, 3.63) is 24.3 Å². The molecule has 132 valence electrons. The summed E-state index contributed by atoms with van der Waals surface area (Å²) in [6, 6.07) is 1.71. The normalized spacial score (nSPS) is 21.0. The first kappa shape index (κ1) is 18.2. The highest BCUT2D eigenvalue weighted by atomic mass is 16.6. The molecule has 0 aliphatic heterocycles. The van der Waals surface area contributed by atoms with E-state index in [0.29, 0.717) is 18.8 Å². The van der Waals surface area contributed by atoms with E-state index in [1.54, 1.807) is 18.5 Å². The summed E-state index contributed by atoms with van der Waals surface area (Å²) in [6.07, 6.45) is 6.09. The van der Waals surface area contributed by atoms with Crippen LogP contribution < -0.4 is 10.6 Å². The molecule has 2 amide bonds.